The summed E-state index contributed by atoms with van der Waals surface area (Å²) in [6, 6.07) is 11.7. The van der Waals surface area contributed by atoms with E-state index in [1.807, 2.05) is 19.9 Å². The molecule has 0 saturated heterocycles. The van der Waals surface area contributed by atoms with Gasteiger partial charge in [-0.05, 0) is 36.3 Å². The normalized spacial score (nSPS) is 13.7. The maximum atomic E-state index is 14.0. The number of nitrogens with zero attached hydrogens (tertiary/aromatic N) is 1. The zero-order valence-corrected chi connectivity index (χ0v) is 29.5. The second-order valence-corrected chi connectivity index (χ2v) is 12.6. The molecule has 6 amide bonds. The van der Waals surface area contributed by atoms with Gasteiger partial charge in [0.05, 0.1) is 13.2 Å². The summed E-state index contributed by atoms with van der Waals surface area (Å²) < 4.78 is 0. The maximum Gasteiger partial charge on any atom is 0.245 e. The molecule has 0 aliphatic carbocycles. The zero-order valence-electron chi connectivity index (χ0n) is 29.5. The Morgan fingerprint density at radius 1 is 0.654 bits per heavy atom. The van der Waals surface area contributed by atoms with Crippen molar-refractivity contribution in [3.63, 3.8) is 0 Å². The van der Waals surface area contributed by atoms with E-state index in [0.29, 0.717) is 5.56 Å². The summed E-state index contributed by atoms with van der Waals surface area (Å²) in [7, 11) is 0. The SMILES string of the molecule is CC(C)CC(NC(=O)C(CO)NC(=O)CN)C(=O)NC(Cc1ccccc1)C(=O)NC(CCCN=C(N)N)C(=O)NC(Cc1ccccc1)C(N)=O. The highest BCUT2D eigenvalue weighted by atomic mass is 16.3. The number of rotatable bonds is 22. The van der Waals surface area contributed by atoms with E-state index < -0.39 is 78.8 Å². The van der Waals surface area contributed by atoms with Crippen LogP contribution in [-0.2, 0) is 41.6 Å². The second-order valence-electron chi connectivity index (χ2n) is 12.6. The molecule has 0 spiro atoms. The van der Waals surface area contributed by atoms with E-state index in [0.717, 1.165) is 5.56 Å². The Kier molecular flexibility index (Phi) is 18.3. The predicted molar refractivity (Wildman–Crippen MR) is 195 cm³/mol. The van der Waals surface area contributed by atoms with Gasteiger partial charge in [-0.3, -0.25) is 33.8 Å². The van der Waals surface area contributed by atoms with Gasteiger partial charge < -0.3 is 54.6 Å². The van der Waals surface area contributed by atoms with Gasteiger partial charge in [-0.15, -0.1) is 0 Å². The third-order valence-electron chi connectivity index (χ3n) is 7.80. The summed E-state index contributed by atoms with van der Waals surface area (Å²) in [6.07, 6.45) is 0.583. The molecule has 0 aromatic heterocycles. The van der Waals surface area contributed by atoms with Crippen molar-refractivity contribution in [2.24, 2.45) is 33.8 Å². The minimum Gasteiger partial charge on any atom is -0.394 e. The first-order valence-electron chi connectivity index (χ1n) is 17.0. The minimum absolute atomic E-state index is 0.00678. The summed E-state index contributed by atoms with van der Waals surface area (Å²) in [5, 5.41) is 22.6. The second kappa shape index (κ2) is 22.3. The first-order chi connectivity index (χ1) is 24.7. The molecule has 284 valence electrons. The fourth-order valence-electron chi connectivity index (χ4n) is 5.14. The molecule has 0 fully saturated rings. The van der Waals surface area contributed by atoms with E-state index in [9.17, 15) is 33.9 Å². The average Bonchev–Trinajstić information content (AvgIpc) is 3.11. The van der Waals surface area contributed by atoms with Gasteiger partial charge in [0.1, 0.15) is 30.2 Å². The van der Waals surface area contributed by atoms with Crippen LogP contribution in [0.5, 0.6) is 0 Å². The summed E-state index contributed by atoms with van der Waals surface area (Å²) in [6.45, 7) is 2.62. The Morgan fingerprint density at radius 3 is 1.62 bits per heavy atom. The van der Waals surface area contributed by atoms with Crippen LogP contribution in [0.3, 0.4) is 0 Å². The summed E-state index contributed by atoms with van der Waals surface area (Å²) in [5.41, 5.74) is 23.3. The van der Waals surface area contributed by atoms with Gasteiger partial charge in [0.2, 0.25) is 35.4 Å². The molecule has 0 aliphatic rings. The molecule has 0 heterocycles. The highest BCUT2D eigenvalue weighted by Gasteiger charge is 2.32. The smallest absolute Gasteiger partial charge is 0.245 e. The van der Waals surface area contributed by atoms with Crippen molar-refractivity contribution in [1.29, 1.82) is 0 Å². The van der Waals surface area contributed by atoms with Gasteiger partial charge >= 0.3 is 0 Å². The third-order valence-corrected chi connectivity index (χ3v) is 7.80. The van der Waals surface area contributed by atoms with Crippen LogP contribution in [-0.4, -0.2) is 96.4 Å². The number of amides is 6. The Bertz CT molecular complexity index is 1500. The molecule has 2 rings (SSSR count). The molecule has 17 nitrogen and oxygen atoms in total. The number of nitrogens with one attached hydrogen (secondary N) is 5. The monoisotopic (exact) mass is 724 g/mol. The summed E-state index contributed by atoms with van der Waals surface area (Å²) in [4.78, 5) is 82.4. The lowest BCUT2D eigenvalue weighted by molar-refractivity contribution is -0.135. The fourth-order valence-corrected chi connectivity index (χ4v) is 5.14. The Balaban J connectivity index is 2.37. The molecule has 0 saturated carbocycles. The molecule has 2 aromatic rings. The number of primary amides is 1. The molecule has 52 heavy (non-hydrogen) atoms. The molecule has 17 heteroatoms. The molecule has 0 bridgehead atoms. The highest BCUT2D eigenvalue weighted by Crippen LogP contribution is 2.10. The molecular weight excluding hydrogens is 672 g/mol. The number of aliphatic hydroxyl groups excluding tert-OH is 1. The highest BCUT2D eigenvalue weighted by molar-refractivity contribution is 5.96. The lowest BCUT2D eigenvalue weighted by atomic mass is 10.00. The number of nitrogens with two attached hydrogens (primary N) is 4. The number of carbonyl (C=O) groups excluding carboxylic acids is 6. The molecule has 5 atom stereocenters. The van der Waals surface area contributed by atoms with E-state index in [-0.39, 0.29) is 50.5 Å². The molecular formula is C35H52N10O7. The summed E-state index contributed by atoms with van der Waals surface area (Å²) in [5.74, 6) is -4.67. The zero-order chi connectivity index (χ0) is 38.6. The van der Waals surface area contributed by atoms with Gasteiger partial charge in [0, 0.05) is 19.4 Å². The number of hydrogen-bond acceptors (Lipinski definition) is 9. The van der Waals surface area contributed by atoms with Crippen LogP contribution < -0.4 is 49.5 Å². The van der Waals surface area contributed by atoms with Gasteiger partial charge in [0.25, 0.3) is 0 Å². The Morgan fingerprint density at radius 2 is 1.12 bits per heavy atom. The third kappa shape index (κ3) is 15.6. The Labute approximate surface area is 303 Å². The number of aliphatic hydroxyl groups is 1. The molecule has 2 aromatic carbocycles. The lowest BCUT2D eigenvalue weighted by Gasteiger charge is -2.27. The van der Waals surface area contributed by atoms with Crippen LogP contribution in [0.2, 0.25) is 0 Å². The Hall–Kier alpha value is -5.55. The van der Waals surface area contributed by atoms with E-state index >= 15 is 0 Å². The maximum absolute atomic E-state index is 14.0. The van der Waals surface area contributed by atoms with Crippen LogP contribution in [0.15, 0.2) is 65.7 Å². The summed E-state index contributed by atoms with van der Waals surface area (Å²) >= 11 is 0. The molecule has 5 unspecified atom stereocenters. The standard InChI is InChI=1S/C35H52N10O7/c1-21(2)16-26(44-34(52)28(20-46)41-29(47)19-36)32(50)45-27(18-23-12-7-4-8-13-23)33(51)42-24(14-9-15-40-35(38)39)31(49)43-25(30(37)48)17-22-10-5-3-6-11-22/h3-8,10-13,21,24-28,46H,9,14-20,36H2,1-2H3,(H2,37,48)(H,41,47)(H,42,51)(H,43,49)(H,44,52)(H,45,50)(H4,38,39,40). The van der Waals surface area contributed by atoms with Crippen molar-refractivity contribution in [1.82, 2.24) is 26.6 Å². The first-order valence-corrected chi connectivity index (χ1v) is 17.0. The van der Waals surface area contributed by atoms with Crippen molar-refractivity contribution in [3.05, 3.63) is 71.8 Å². The van der Waals surface area contributed by atoms with E-state index in [4.69, 9.17) is 22.9 Å². The van der Waals surface area contributed by atoms with Crippen molar-refractivity contribution in [3.8, 4) is 0 Å². The minimum atomic E-state index is -1.37. The average molecular weight is 725 g/mol. The van der Waals surface area contributed by atoms with Crippen molar-refractivity contribution < 1.29 is 33.9 Å². The number of carbonyl (C=O) groups is 6. The first kappa shape index (κ1) is 42.6. The topological polar surface area (TPSA) is 299 Å². The van der Waals surface area contributed by atoms with Crippen molar-refractivity contribution in [2.45, 2.75) is 76.2 Å². The van der Waals surface area contributed by atoms with Crippen molar-refractivity contribution in [2.75, 3.05) is 19.7 Å². The molecule has 0 aliphatic heterocycles. The van der Waals surface area contributed by atoms with Gasteiger partial charge in [-0.1, -0.05) is 74.5 Å². The number of hydrogen-bond donors (Lipinski definition) is 10. The van der Waals surface area contributed by atoms with Gasteiger partial charge in [-0.2, -0.15) is 0 Å². The van der Waals surface area contributed by atoms with E-state index in [1.54, 1.807) is 54.6 Å². The van der Waals surface area contributed by atoms with E-state index in [1.165, 1.54) is 0 Å². The predicted octanol–water partition coefficient (Wildman–Crippen LogP) is -2.57. The number of aliphatic imine (C=N–C) groups is 1. The quantitative estimate of drug-likeness (QED) is 0.0344. The lowest BCUT2D eigenvalue weighted by Crippen LogP contribution is -2.60. The number of guanidine groups is 1. The molecule has 0 radical (unpaired) electrons. The van der Waals surface area contributed by atoms with Crippen LogP contribution in [0.25, 0.3) is 0 Å². The largest absolute Gasteiger partial charge is 0.394 e. The van der Waals surface area contributed by atoms with Crippen molar-refractivity contribution >= 4 is 41.4 Å². The fraction of sp³-hybridized carbons (Fsp3) is 0.457. The van der Waals surface area contributed by atoms with Gasteiger partial charge in [0.15, 0.2) is 5.96 Å². The van der Waals surface area contributed by atoms with Crippen LogP contribution in [0.1, 0.15) is 44.2 Å². The van der Waals surface area contributed by atoms with Gasteiger partial charge in [-0.25, -0.2) is 0 Å². The van der Waals surface area contributed by atoms with Crippen LogP contribution in [0, 0.1) is 5.92 Å². The van der Waals surface area contributed by atoms with Crippen LogP contribution >= 0.6 is 0 Å². The van der Waals surface area contributed by atoms with E-state index in [2.05, 4.69) is 31.6 Å². The van der Waals surface area contributed by atoms with Crippen LogP contribution in [0.4, 0.5) is 0 Å². The molecule has 14 N–H and O–H groups in total. The number of benzene rings is 2.